The molecule has 0 saturated carbocycles. The fraction of sp³-hybridized carbons (Fsp3) is 0.278. The highest BCUT2D eigenvalue weighted by Crippen LogP contribution is 2.34. The standard InChI is InChI=1S/C18H17ClN2O5S/c1-11(18(23)21-16-5-2-12(19)9-20-16)26-17(22)10-27-13-3-4-14-15(8-13)25-7-6-24-14/h2-5,8-9,11H,6-7,10H2,1H3,(H,20,21,23)/t11-/m1/s1. The Kier molecular flexibility index (Phi) is 6.41. The predicted molar refractivity (Wildman–Crippen MR) is 102 cm³/mol. The number of fused-ring (bicyclic) bond motifs is 1. The van der Waals surface area contributed by atoms with Gasteiger partial charge >= 0.3 is 5.97 Å². The van der Waals surface area contributed by atoms with Crippen LogP contribution in [-0.2, 0) is 14.3 Å². The SMILES string of the molecule is C[C@@H](OC(=O)CSc1ccc2c(c1)OCCO2)C(=O)Nc1ccc(Cl)cn1. The average Bonchev–Trinajstić information content (AvgIpc) is 2.68. The smallest absolute Gasteiger partial charge is 0.317 e. The van der Waals surface area contributed by atoms with Gasteiger partial charge in [-0.25, -0.2) is 4.98 Å². The minimum atomic E-state index is -0.948. The Morgan fingerprint density at radius 1 is 1.26 bits per heavy atom. The molecular weight excluding hydrogens is 392 g/mol. The third-order valence-electron chi connectivity index (χ3n) is 3.53. The van der Waals surface area contributed by atoms with E-state index in [0.29, 0.717) is 35.6 Å². The number of carbonyl (C=O) groups excluding carboxylic acids is 2. The fourth-order valence-corrected chi connectivity index (χ4v) is 3.04. The first kappa shape index (κ1) is 19.3. The zero-order valence-corrected chi connectivity index (χ0v) is 16.0. The zero-order chi connectivity index (χ0) is 19.2. The van der Waals surface area contributed by atoms with Crippen LogP contribution in [0, 0.1) is 0 Å². The molecule has 1 aliphatic heterocycles. The van der Waals surface area contributed by atoms with Gasteiger partial charge in [0.05, 0.1) is 10.8 Å². The number of hydrogen-bond donors (Lipinski definition) is 1. The molecule has 1 atom stereocenters. The Morgan fingerprint density at radius 2 is 2.04 bits per heavy atom. The van der Waals surface area contributed by atoms with Crippen molar-refractivity contribution < 1.29 is 23.8 Å². The maximum atomic E-state index is 12.1. The van der Waals surface area contributed by atoms with Crippen LogP contribution >= 0.6 is 23.4 Å². The van der Waals surface area contributed by atoms with E-state index in [9.17, 15) is 9.59 Å². The summed E-state index contributed by atoms with van der Waals surface area (Å²) in [5.41, 5.74) is 0. The van der Waals surface area contributed by atoms with Crippen LogP contribution in [0.25, 0.3) is 0 Å². The summed E-state index contributed by atoms with van der Waals surface area (Å²) in [4.78, 5) is 28.9. The molecule has 0 aliphatic carbocycles. The first-order valence-electron chi connectivity index (χ1n) is 8.15. The summed E-state index contributed by atoms with van der Waals surface area (Å²) < 4.78 is 16.1. The summed E-state index contributed by atoms with van der Waals surface area (Å²) in [6, 6.07) is 8.62. The Labute approximate surface area is 165 Å². The molecule has 3 rings (SSSR count). The van der Waals surface area contributed by atoms with E-state index in [-0.39, 0.29) is 5.75 Å². The largest absolute Gasteiger partial charge is 0.486 e. The molecule has 0 saturated heterocycles. The van der Waals surface area contributed by atoms with Crippen molar-refractivity contribution in [3.8, 4) is 11.5 Å². The molecule has 1 amide bonds. The van der Waals surface area contributed by atoms with Gasteiger partial charge < -0.3 is 19.5 Å². The number of nitrogens with one attached hydrogen (secondary N) is 1. The molecule has 2 heterocycles. The highest BCUT2D eigenvalue weighted by Gasteiger charge is 2.19. The maximum absolute atomic E-state index is 12.1. The third-order valence-corrected chi connectivity index (χ3v) is 4.72. The second-order valence-electron chi connectivity index (χ2n) is 5.58. The van der Waals surface area contributed by atoms with Gasteiger partial charge in [0.1, 0.15) is 19.0 Å². The third kappa shape index (κ3) is 5.51. The van der Waals surface area contributed by atoms with E-state index in [1.54, 1.807) is 18.2 Å². The molecule has 1 N–H and O–H groups in total. The number of hydrogen-bond acceptors (Lipinski definition) is 7. The quantitative estimate of drug-likeness (QED) is 0.580. The summed E-state index contributed by atoms with van der Waals surface area (Å²) in [5, 5.41) is 3.02. The Morgan fingerprint density at radius 3 is 2.78 bits per heavy atom. The lowest BCUT2D eigenvalue weighted by Crippen LogP contribution is -2.30. The number of thioether (sulfide) groups is 1. The second-order valence-corrected chi connectivity index (χ2v) is 7.06. The number of anilines is 1. The van der Waals surface area contributed by atoms with Crippen molar-refractivity contribution in [3.63, 3.8) is 0 Å². The summed E-state index contributed by atoms with van der Waals surface area (Å²) in [5.74, 6) is 0.773. The number of nitrogens with zero attached hydrogens (tertiary/aromatic N) is 1. The van der Waals surface area contributed by atoms with E-state index in [1.165, 1.54) is 24.9 Å². The lowest BCUT2D eigenvalue weighted by molar-refractivity contribution is -0.150. The molecule has 1 aromatic heterocycles. The predicted octanol–water partition coefficient (Wildman–Crippen LogP) is 3.17. The van der Waals surface area contributed by atoms with Gasteiger partial charge in [0.25, 0.3) is 5.91 Å². The van der Waals surface area contributed by atoms with Gasteiger partial charge in [0.15, 0.2) is 17.6 Å². The van der Waals surface area contributed by atoms with E-state index in [2.05, 4.69) is 10.3 Å². The van der Waals surface area contributed by atoms with Gasteiger partial charge in [-0.3, -0.25) is 9.59 Å². The summed E-state index contributed by atoms with van der Waals surface area (Å²) in [7, 11) is 0. The molecule has 1 aliphatic rings. The average molecular weight is 409 g/mol. The van der Waals surface area contributed by atoms with Crippen LogP contribution in [-0.4, -0.2) is 41.9 Å². The summed E-state index contributed by atoms with van der Waals surface area (Å²) in [6.07, 6.45) is 0.466. The summed E-state index contributed by atoms with van der Waals surface area (Å²) in [6.45, 7) is 2.52. The zero-order valence-electron chi connectivity index (χ0n) is 14.4. The Hall–Kier alpha value is -2.45. The summed E-state index contributed by atoms with van der Waals surface area (Å²) >= 11 is 7.03. The van der Waals surface area contributed by atoms with Crippen molar-refractivity contribution in [2.24, 2.45) is 0 Å². The van der Waals surface area contributed by atoms with E-state index >= 15 is 0 Å². The molecule has 9 heteroatoms. The van der Waals surface area contributed by atoms with Crippen LogP contribution < -0.4 is 14.8 Å². The first-order chi connectivity index (χ1) is 13.0. The van der Waals surface area contributed by atoms with Gasteiger partial charge in [0.2, 0.25) is 0 Å². The Bertz CT molecular complexity index is 831. The minimum absolute atomic E-state index is 0.0659. The van der Waals surface area contributed by atoms with Gasteiger partial charge in [-0.05, 0) is 37.3 Å². The van der Waals surface area contributed by atoms with Crippen LogP contribution in [0.4, 0.5) is 5.82 Å². The lowest BCUT2D eigenvalue weighted by atomic mass is 10.3. The molecule has 0 fully saturated rings. The molecule has 0 spiro atoms. The molecule has 142 valence electrons. The molecule has 2 aromatic rings. The van der Waals surface area contributed by atoms with Crippen LogP contribution in [0.1, 0.15) is 6.92 Å². The second kappa shape index (κ2) is 8.96. The number of esters is 1. The number of pyridine rings is 1. The van der Waals surface area contributed by atoms with Gasteiger partial charge in [-0.1, -0.05) is 11.6 Å². The van der Waals surface area contributed by atoms with Crippen LogP contribution in [0.2, 0.25) is 5.02 Å². The van der Waals surface area contributed by atoms with Gasteiger partial charge in [0, 0.05) is 11.1 Å². The van der Waals surface area contributed by atoms with Crippen LogP contribution in [0.5, 0.6) is 11.5 Å². The molecular formula is C18H17ClN2O5S. The number of rotatable bonds is 6. The number of carbonyl (C=O) groups is 2. The fourth-order valence-electron chi connectivity index (χ4n) is 2.22. The topological polar surface area (TPSA) is 86.8 Å². The number of amides is 1. The van der Waals surface area contributed by atoms with Crippen molar-refractivity contribution >= 4 is 41.1 Å². The number of ether oxygens (including phenoxy) is 3. The minimum Gasteiger partial charge on any atom is -0.486 e. The lowest BCUT2D eigenvalue weighted by Gasteiger charge is -2.18. The van der Waals surface area contributed by atoms with Crippen molar-refractivity contribution in [1.82, 2.24) is 4.98 Å². The molecule has 0 radical (unpaired) electrons. The number of halogens is 1. The van der Waals surface area contributed by atoms with E-state index in [1.807, 2.05) is 12.1 Å². The maximum Gasteiger partial charge on any atom is 0.317 e. The number of aromatic nitrogens is 1. The molecule has 7 nitrogen and oxygen atoms in total. The monoisotopic (exact) mass is 408 g/mol. The van der Waals surface area contributed by atoms with Crippen LogP contribution in [0.3, 0.4) is 0 Å². The highest BCUT2D eigenvalue weighted by atomic mass is 35.5. The highest BCUT2D eigenvalue weighted by molar-refractivity contribution is 8.00. The van der Waals surface area contributed by atoms with E-state index < -0.39 is 18.0 Å². The molecule has 0 bridgehead atoms. The van der Waals surface area contributed by atoms with Gasteiger partial charge in [-0.15, -0.1) is 11.8 Å². The first-order valence-corrected chi connectivity index (χ1v) is 9.52. The van der Waals surface area contributed by atoms with E-state index in [0.717, 1.165) is 4.90 Å². The molecule has 27 heavy (non-hydrogen) atoms. The van der Waals surface area contributed by atoms with Crippen molar-refractivity contribution in [2.75, 3.05) is 24.3 Å². The molecule has 1 aromatic carbocycles. The Balaban J connectivity index is 1.47. The molecule has 0 unspecified atom stereocenters. The van der Waals surface area contributed by atoms with Crippen LogP contribution in [0.15, 0.2) is 41.4 Å². The van der Waals surface area contributed by atoms with Crippen molar-refractivity contribution in [2.45, 2.75) is 17.9 Å². The van der Waals surface area contributed by atoms with Gasteiger partial charge in [-0.2, -0.15) is 0 Å². The van der Waals surface area contributed by atoms with Crippen molar-refractivity contribution in [1.29, 1.82) is 0 Å². The number of benzene rings is 1. The normalized spacial score (nSPS) is 13.6. The van der Waals surface area contributed by atoms with E-state index in [4.69, 9.17) is 25.8 Å². The van der Waals surface area contributed by atoms with Crippen molar-refractivity contribution in [3.05, 3.63) is 41.6 Å².